The summed E-state index contributed by atoms with van der Waals surface area (Å²) in [5.74, 6) is -0.343. The zero-order valence-electron chi connectivity index (χ0n) is 13.0. The van der Waals surface area contributed by atoms with Crippen LogP contribution < -0.4 is 43.7 Å². The Labute approximate surface area is 174 Å². The van der Waals surface area contributed by atoms with Crippen molar-refractivity contribution in [3.63, 3.8) is 0 Å². The van der Waals surface area contributed by atoms with Gasteiger partial charge in [0.15, 0.2) is 0 Å². The minimum absolute atomic E-state index is 0. The fourth-order valence-electron chi connectivity index (χ4n) is 1.69. The summed E-state index contributed by atoms with van der Waals surface area (Å²) in [6.07, 6.45) is 0. The molecule has 0 spiro atoms. The summed E-state index contributed by atoms with van der Waals surface area (Å²) in [7, 11) is -3.05. The summed E-state index contributed by atoms with van der Waals surface area (Å²) in [5, 5.41) is 19.0. The molecule has 0 unspecified atom stereocenters. The Bertz CT molecular complexity index is 864. The van der Waals surface area contributed by atoms with Crippen molar-refractivity contribution in [3.8, 4) is 6.01 Å². The molecule has 2 aromatic rings. The van der Waals surface area contributed by atoms with E-state index in [1.54, 1.807) is 12.1 Å². The first kappa shape index (κ1) is 21.0. The third-order valence-corrected chi connectivity index (χ3v) is 5.65. The van der Waals surface area contributed by atoms with Crippen molar-refractivity contribution < 1.29 is 47.8 Å². The molecule has 0 saturated carbocycles. The number of nitrogens with zero attached hydrogens (tertiary/aromatic N) is 4. The molecule has 0 amide bonds. The number of halogens is 1. The molecule has 1 heterocycles. The Morgan fingerprint density at radius 3 is 2.46 bits per heavy atom. The number of methoxy groups -OCH3 is 1. The molecule has 1 aromatic heterocycles. The van der Waals surface area contributed by atoms with Crippen LogP contribution in [0.2, 0.25) is 0 Å². The number of benzene rings is 1. The van der Waals surface area contributed by atoms with Gasteiger partial charge in [-0.15, -0.1) is 0 Å². The van der Waals surface area contributed by atoms with Gasteiger partial charge in [-0.2, -0.15) is 19.3 Å². The van der Waals surface area contributed by atoms with Crippen molar-refractivity contribution in [2.75, 3.05) is 11.4 Å². The number of aromatic nitrogens is 3. The predicted octanol–water partition coefficient (Wildman–Crippen LogP) is -2.71. The number of nitrogens with one attached hydrogen (secondary N) is 1. The Morgan fingerprint density at radius 2 is 1.92 bits per heavy atom. The van der Waals surface area contributed by atoms with Crippen LogP contribution in [0.4, 0.5) is 5.95 Å². The minimum Gasteiger partial charge on any atom is -0.845 e. The Balaban J connectivity index is 0.00000288. The largest absolute Gasteiger partial charge is 1.00 e. The molecule has 0 fully saturated rings. The molecule has 1 N–H and O–H groups in total. The van der Waals surface area contributed by atoms with E-state index in [1.807, 2.05) is 22.6 Å². The van der Waals surface area contributed by atoms with Gasteiger partial charge in [0.25, 0.3) is 16.0 Å². The first-order chi connectivity index (χ1) is 10.8. The molecule has 0 aliphatic rings. The molecular weight excluding hydrogens is 460 g/mol. The molecule has 0 bridgehead atoms. The van der Waals surface area contributed by atoms with E-state index < -0.39 is 22.0 Å². The van der Waals surface area contributed by atoms with Crippen LogP contribution in [0.1, 0.15) is 5.82 Å². The Hall–Kier alpha value is -1.02. The van der Waals surface area contributed by atoms with Gasteiger partial charge in [-0.25, -0.2) is 8.42 Å². The SMILES string of the molecule is COc1nc(C)nc(N(C(=N)[O-])S(=O)(=O)c2ccccc2I)n1.[Na+]. The standard InChI is InChI=1S/C12H12IN5O4S.Na/c1-7-15-11(17-12(16-7)22-2)18(10(14)19)23(20,21)9-6-4-3-5-8(9)13;/h3-6H,1-2H3,(H2,14,19);/q;+1/p-1. The molecule has 0 aliphatic heterocycles. The van der Waals surface area contributed by atoms with Crippen LogP contribution in [0.3, 0.4) is 0 Å². The van der Waals surface area contributed by atoms with Crippen LogP contribution in [0, 0.1) is 15.9 Å². The number of amidine groups is 1. The summed E-state index contributed by atoms with van der Waals surface area (Å²) in [6, 6.07) is 4.43. The van der Waals surface area contributed by atoms with Gasteiger partial charge < -0.3 is 9.84 Å². The van der Waals surface area contributed by atoms with Crippen molar-refractivity contribution in [2.45, 2.75) is 11.8 Å². The number of rotatable bonds is 4. The molecule has 2 rings (SSSR count). The first-order valence-corrected chi connectivity index (χ1v) is 8.61. The second-order valence-corrected chi connectivity index (χ2v) is 7.09. The van der Waals surface area contributed by atoms with E-state index in [2.05, 4.69) is 15.0 Å². The van der Waals surface area contributed by atoms with Crippen molar-refractivity contribution in [1.82, 2.24) is 15.0 Å². The summed E-state index contributed by atoms with van der Waals surface area (Å²) in [4.78, 5) is 11.3. The van der Waals surface area contributed by atoms with E-state index in [4.69, 9.17) is 10.1 Å². The van der Waals surface area contributed by atoms with E-state index >= 15 is 0 Å². The third-order valence-electron chi connectivity index (χ3n) is 2.62. The van der Waals surface area contributed by atoms with Crippen molar-refractivity contribution in [1.29, 1.82) is 5.41 Å². The number of sulfonamides is 1. The molecular formula is C12H11IN5NaO4S. The normalized spacial score (nSPS) is 10.6. The smallest absolute Gasteiger partial charge is 0.845 e. The van der Waals surface area contributed by atoms with Gasteiger partial charge in [-0.1, -0.05) is 12.1 Å². The van der Waals surface area contributed by atoms with Gasteiger partial charge in [-0.3, -0.25) is 5.41 Å². The molecule has 0 radical (unpaired) electrons. The first-order valence-electron chi connectivity index (χ1n) is 6.09. The molecule has 12 heteroatoms. The van der Waals surface area contributed by atoms with Crippen LogP contribution in [-0.4, -0.2) is 36.5 Å². The summed E-state index contributed by atoms with van der Waals surface area (Å²) < 4.78 is 30.9. The van der Waals surface area contributed by atoms with E-state index in [0.717, 1.165) is 0 Å². The molecule has 9 nitrogen and oxygen atoms in total. The zero-order valence-corrected chi connectivity index (χ0v) is 18.0. The minimum atomic E-state index is -4.35. The molecule has 0 saturated heterocycles. The van der Waals surface area contributed by atoms with Crippen molar-refractivity contribution >= 4 is 44.6 Å². The average molecular weight is 471 g/mol. The number of aryl methyl sites for hydroxylation is 1. The third kappa shape index (κ3) is 4.33. The summed E-state index contributed by atoms with van der Waals surface area (Å²) in [6.45, 7) is 1.49. The molecule has 24 heavy (non-hydrogen) atoms. The average Bonchev–Trinajstić information content (AvgIpc) is 2.46. The summed E-state index contributed by atoms with van der Waals surface area (Å²) in [5.41, 5.74) is 0. The quantitative estimate of drug-likeness (QED) is 0.222. The Kier molecular flexibility index (Phi) is 7.34. The number of hydrogen-bond donors (Lipinski definition) is 1. The number of anilines is 1. The van der Waals surface area contributed by atoms with Crippen molar-refractivity contribution in [2.24, 2.45) is 0 Å². The van der Waals surface area contributed by atoms with Crippen LogP contribution in [0.15, 0.2) is 29.2 Å². The van der Waals surface area contributed by atoms with Crippen LogP contribution >= 0.6 is 22.6 Å². The summed E-state index contributed by atoms with van der Waals surface area (Å²) >= 11 is 1.83. The van der Waals surface area contributed by atoms with Gasteiger partial charge in [0, 0.05) is 3.57 Å². The molecule has 1 aromatic carbocycles. The van der Waals surface area contributed by atoms with Crippen LogP contribution in [-0.2, 0) is 10.0 Å². The number of ether oxygens (including phenoxy) is 1. The van der Waals surface area contributed by atoms with E-state index in [9.17, 15) is 13.5 Å². The van der Waals surface area contributed by atoms with Gasteiger partial charge in [0.05, 0.1) is 13.1 Å². The topological polar surface area (TPSA) is 132 Å². The second kappa shape index (κ2) is 8.38. The van der Waals surface area contributed by atoms with Crippen molar-refractivity contribution in [3.05, 3.63) is 33.7 Å². The number of hydrogen-bond acceptors (Lipinski definition) is 8. The van der Waals surface area contributed by atoms with E-state index in [-0.39, 0.29) is 50.6 Å². The maximum Gasteiger partial charge on any atom is 1.00 e. The second-order valence-electron chi connectivity index (χ2n) is 4.17. The molecule has 0 aliphatic carbocycles. The van der Waals surface area contributed by atoms with E-state index in [1.165, 1.54) is 26.2 Å². The fraction of sp³-hybridized carbons (Fsp3) is 0.167. The van der Waals surface area contributed by atoms with Gasteiger partial charge in [-0.05, 0) is 41.6 Å². The van der Waals surface area contributed by atoms with Gasteiger partial charge >= 0.3 is 35.6 Å². The maximum atomic E-state index is 12.7. The fourth-order valence-corrected chi connectivity index (χ4v) is 4.18. The predicted molar refractivity (Wildman–Crippen MR) is 87.7 cm³/mol. The molecule has 0 atom stereocenters. The maximum absolute atomic E-state index is 12.7. The van der Waals surface area contributed by atoms with Gasteiger partial charge in [0.1, 0.15) is 10.7 Å². The monoisotopic (exact) mass is 471 g/mol. The van der Waals surface area contributed by atoms with E-state index in [0.29, 0.717) is 3.57 Å². The Morgan fingerprint density at radius 1 is 1.29 bits per heavy atom. The zero-order chi connectivity index (χ0) is 17.2. The molecule has 122 valence electrons. The van der Waals surface area contributed by atoms with Crippen LogP contribution in [0.5, 0.6) is 6.01 Å². The van der Waals surface area contributed by atoms with Gasteiger partial charge in [0.2, 0.25) is 0 Å². The van der Waals surface area contributed by atoms with Crippen LogP contribution in [0.25, 0.3) is 0 Å².